The number of aromatic nitrogens is 1. The van der Waals surface area contributed by atoms with Crippen molar-refractivity contribution in [1.82, 2.24) is 15.2 Å². The third-order valence-corrected chi connectivity index (χ3v) is 7.02. The van der Waals surface area contributed by atoms with E-state index in [0.717, 1.165) is 44.2 Å². The minimum atomic E-state index is -0.550. The van der Waals surface area contributed by atoms with Gasteiger partial charge in [0.2, 0.25) is 5.91 Å². The van der Waals surface area contributed by atoms with Crippen LogP contribution in [-0.2, 0) is 20.7 Å². The van der Waals surface area contributed by atoms with E-state index in [0.29, 0.717) is 23.5 Å². The highest BCUT2D eigenvalue weighted by Crippen LogP contribution is 2.33. The first kappa shape index (κ1) is 21.9. The molecule has 1 aromatic rings. The van der Waals surface area contributed by atoms with Gasteiger partial charge in [-0.25, -0.2) is 4.79 Å². The highest BCUT2D eigenvalue weighted by atomic mass is 32.2. The summed E-state index contributed by atoms with van der Waals surface area (Å²) in [5.41, 5.74) is 1.49. The average Bonchev–Trinajstić information content (AvgIpc) is 3.32. The SMILES string of the molecule is COC(=O)c1c(CC(=O)NCC2(N3CCOCC3)CCSC2)[nH]c(C(C)=O)c1C. The summed E-state index contributed by atoms with van der Waals surface area (Å²) in [4.78, 5) is 42.2. The van der Waals surface area contributed by atoms with Crippen LogP contribution in [0.5, 0.6) is 0 Å². The van der Waals surface area contributed by atoms with Crippen LogP contribution in [0.3, 0.4) is 0 Å². The van der Waals surface area contributed by atoms with E-state index in [1.807, 2.05) is 11.8 Å². The molecular formula is C20H29N3O5S. The van der Waals surface area contributed by atoms with E-state index in [1.165, 1.54) is 14.0 Å². The van der Waals surface area contributed by atoms with Crippen molar-refractivity contribution in [2.45, 2.75) is 32.2 Å². The number of methoxy groups -OCH3 is 1. The first-order valence-corrected chi connectivity index (χ1v) is 11.0. The van der Waals surface area contributed by atoms with Crippen molar-refractivity contribution in [3.63, 3.8) is 0 Å². The van der Waals surface area contributed by atoms with Crippen LogP contribution >= 0.6 is 11.8 Å². The molecule has 9 heteroatoms. The van der Waals surface area contributed by atoms with Crippen LogP contribution in [0.25, 0.3) is 0 Å². The number of carbonyl (C=O) groups is 3. The maximum absolute atomic E-state index is 12.7. The lowest BCUT2D eigenvalue weighted by Crippen LogP contribution is -2.59. The van der Waals surface area contributed by atoms with Crippen LogP contribution < -0.4 is 5.32 Å². The maximum Gasteiger partial charge on any atom is 0.339 e. The second-order valence-electron chi connectivity index (χ2n) is 7.61. The number of aromatic amines is 1. The largest absolute Gasteiger partial charge is 0.465 e. The summed E-state index contributed by atoms with van der Waals surface area (Å²) in [6.45, 7) is 6.86. The number of ether oxygens (including phenoxy) is 2. The highest BCUT2D eigenvalue weighted by molar-refractivity contribution is 7.99. The molecule has 3 rings (SSSR count). The van der Waals surface area contributed by atoms with Crippen LogP contribution in [-0.4, -0.2) is 84.5 Å². The van der Waals surface area contributed by atoms with Crippen LogP contribution in [0.2, 0.25) is 0 Å². The number of hydrogen-bond acceptors (Lipinski definition) is 7. The van der Waals surface area contributed by atoms with Gasteiger partial charge in [0.15, 0.2) is 5.78 Å². The molecule has 0 saturated carbocycles. The lowest BCUT2D eigenvalue weighted by Gasteiger charge is -2.43. The van der Waals surface area contributed by atoms with Gasteiger partial charge >= 0.3 is 5.97 Å². The quantitative estimate of drug-likeness (QED) is 0.502. The van der Waals surface area contributed by atoms with E-state index in [1.54, 1.807) is 6.92 Å². The number of thioether (sulfide) groups is 1. The standard InChI is InChI=1S/C20H29N3O5S/c1-13-17(19(26)27-3)15(22-18(13)14(2)24)10-16(25)21-11-20(4-9-29-12-20)23-5-7-28-8-6-23/h22H,4-12H2,1-3H3,(H,21,25). The molecule has 2 saturated heterocycles. The topological polar surface area (TPSA) is 101 Å². The van der Waals surface area contributed by atoms with Gasteiger partial charge in [0.1, 0.15) is 0 Å². The van der Waals surface area contributed by atoms with Gasteiger partial charge in [-0.3, -0.25) is 14.5 Å². The fraction of sp³-hybridized carbons (Fsp3) is 0.650. The molecule has 1 aromatic heterocycles. The van der Waals surface area contributed by atoms with E-state index >= 15 is 0 Å². The Morgan fingerprint density at radius 1 is 1.31 bits per heavy atom. The van der Waals surface area contributed by atoms with E-state index in [-0.39, 0.29) is 29.2 Å². The fourth-order valence-electron chi connectivity index (χ4n) is 4.14. The summed E-state index contributed by atoms with van der Waals surface area (Å²) in [6.07, 6.45) is 1.02. The Hall–Kier alpha value is -1.84. The predicted molar refractivity (Wildman–Crippen MR) is 111 cm³/mol. The Balaban J connectivity index is 1.71. The molecule has 0 aromatic carbocycles. The minimum Gasteiger partial charge on any atom is -0.465 e. The molecule has 1 atom stereocenters. The number of nitrogens with one attached hydrogen (secondary N) is 2. The molecule has 0 bridgehead atoms. The molecule has 2 aliphatic rings. The summed E-state index contributed by atoms with van der Waals surface area (Å²) >= 11 is 1.91. The lowest BCUT2D eigenvalue weighted by molar-refractivity contribution is -0.121. The number of ketones is 1. The summed E-state index contributed by atoms with van der Waals surface area (Å²) < 4.78 is 10.3. The predicted octanol–water partition coefficient (Wildman–Crippen LogP) is 1.18. The van der Waals surface area contributed by atoms with Crippen molar-refractivity contribution in [3.8, 4) is 0 Å². The van der Waals surface area contributed by atoms with Crippen molar-refractivity contribution in [2.24, 2.45) is 0 Å². The van der Waals surface area contributed by atoms with Crippen molar-refractivity contribution in [3.05, 3.63) is 22.5 Å². The van der Waals surface area contributed by atoms with Gasteiger partial charge in [0, 0.05) is 43.5 Å². The fourth-order valence-corrected chi connectivity index (χ4v) is 5.62. The molecule has 2 N–H and O–H groups in total. The molecule has 2 fully saturated rings. The number of H-pyrrole nitrogens is 1. The summed E-state index contributed by atoms with van der Waals surface area (Å²) in [7, 11) is 1.29. The molecule has 0 radical (unpaired) electrons. The van der Waals surface area contributed by atoms with Crippen molar-refractivity contribution >= 4 is 29.4 Å². The van der Waals surface area contributed by atoms with Gasteiger partial charge in [-0.15, -0.1) is 0 Å². The van der Waals surface area contributed by atoms with E-state index in [9.17, 15) is 14.4 Å². The van der Waals surface area contributed by atoms with E-state index < -0.39 is 5.97 Å². The van der Waals surface area contributed by atoms with Gasteiger partial charge in [-0.2, -0.15) is 11.8 Å². The smallest absolute Gasteiger partial charge is 0.339 e. The number of nitrogens with zero attached hydrogens (tertiary/aromatic N) is 1. The number of esters is 1. The third kappa shape index (κ3) is 4.67. The number of carbonyl (C=O) groups excluding carboxylic acids is 3. The van der Waals surface area contributed by atoms with Crippen LogP contribution in [0, 0.1) is 6.92 Å². The zero-order chi connectivity index (χ0) is 21.0. The van der Waals surface area contributed by atoms with Gasteiger partial charge in [0.25, 0.3) is 0 Å². The Morgan fingerprint density at radius 2 is 2.03 bits per heavy atom. The molecule has 2 aliphatic heterocycles. The zero-order valence-corrected chi connectivity index (χ0v) is 18.1. The summed E-state index contributed by atoms with van der Waals surface area (Å²) in [5, 5.41) is 3.06. The molecule has 3 heterocycles. The highest BCUT2D eigenvalue weighted by Gasteiger charge is 2.41. The van der Waals surface area contributed by atoms with Crippen LogP contribution in [0.15, 0.2) is 0 Å². The number of Topliss-reactive ketones (excluding diaryl/α,β-unsaturated/α-hetero) is 1. The van der Waals surface area contributed by atoms with Crippen LogP contribution in [0.1, 0.15) is 45.4 Å². The van der Waals surface area contributed by atoms with Crippen LogP contribution in [0.4, 0.5) is 0 Å². The molecule has 1 unspecified atom stereocenters. The summed E-state index contributed by atoms with van der Waals surface area (Å²) in [5.74, 6) is 1.14. The van der Waals surface area contributed by atoms with Gasteiger partial charge in [-0.1, -0.05) is 0 Å². The number of amides is 1. The minimum absolute atomic E-state index is 0.00904. The maximum atomic E-state index is 12.7. The third-order valence-electron chi connectivity index (χ3n) is 5.79. The monoisotopic (exact) mass is 423 g/mol. The average molecular weight is 424 g/mol. The van der Waals surface area contributed by atoms with Crippen molar-refractivity contribution < 1.29 is 23.9 Å². The molecule has 160 valence electrons. The second kappa shape index (κ2) is 9.32. The Bertz CT molecular complexity index is 779. The molecular weight excluding hydrogens is 394 g/mol. The molecule has 0 aliphatic carbocycles. The zero-order valence-electron chi connectivity index (χ0n) is 17.3. The molecule has 29 heavy (non-hydrogen) atoms. The number of morpholine rings is 1. The Labute approximate surface area is 175 Å². The van der Waals surface area contributed by atoms with E-state index in [2.05, 4.69) is 15.2 Å². The Kier molecular flexibility index (Phi) is 7.02. The first-order chi connectivity index (χ1) is 13.9. The normalized spacial score (nSPS) is 22.4. The van der Waals surface area contributed by atoms with Crippen molar-refractivity contribution in [1.29, 1.82) is 0 Å². The number of rotatable bonds is 7. The van der Waals surface area contributed by atoms with Gasteiger partial charge < -0.3 is 19.8 Å². The molecule has 8 nitrogen and oxygen atoms in total. The van der Waals surface area contributed by atoms with Crippen molar-refractivity contribution in [2.75, 3.05) is 51.5 Å². The summed E-state index contributed by atoms with van der Waals surface area (Å²) in [6, 6.07) is 0. The Morgan fingerprint density at radius 3 is 2.62 bits per heavy atom. The number of hydrogen-bond donors (Lipinski definition) is 2. The molecule has 1 amide bonds. The van der Waals surface area contributed by atoms with Gasteiger partial charge in [0.05, 0.1) is 38.0 Å². The second-order valence-corrected chi connectivity index (χ2v) is 8.71. The van der Waals surface area contributed by atoms with E-state index in [4.69, 9.17) is 9.47 Å². The first-order valence-electron chi connectivity index (χ1n) is 9.86. The van der Waals surface area contributed by atoms with Gasteiger partial charge in [-0.05, 0) is 24.7 Å². The molecule has 0 spiro atoms. The lowest BCUT2D eigenvalue weighted by atomic mass is 9.95.